The smallest absolute Gasteiger partial charge is 0.181 e. The minimum atomic E-state index is 0.0421. The summed E-state index contributed by atoms with van der Waals surface area (Å²) in [4.78, 5) is 27.9. The Kier molecular flexibility index (Phi) is 4.31. The normalized spacial score (nSPS) is 14.2. The lowest BCUT2D eigenvalue weighted by atomic mass is 10.0. The minimum absolute atomic E-state index is 0.0421. The van der Waals surface area contributed by atoms with Crippen molar-refractivity contribution in [2.75, 3.05) is 18.0 Å². The van der Waals surface area contributed by atoms with Crippen LogP contribution in [0.4, 0.5) is 5.82 Å². The van der Waals surface area contributed by atoms with Crippen LogP contribution in [0.2, 0.25) is 0 Å². The van der Waals surface area contributed by atoms with E-state index in [0.29, 0.717) is 17.2 Å². The molecular formula is C23H20N4O2. The van der Waals surface area contributed by atoms with E-state index in [-0.39, 0.29) is 12.2 Å². The number of nitrogens with zero attached hydrogens (tertiary/aromatic N) is 4. The second-order valence-corrected chi connectivity index (χ2v) is 7.62. The first kappa shape index (κ1) is 17.6. The first-order valence-electron chi connectivity index (χ1n) is 9.67. The van der Waals surface area contributed by atoms with Gasteiger partial charge in [-0.25, -0.2) is 9.97 Å². The van der Waals surface area contributed by atoms with Crippen LogP contribution < -0.4 is 4.90 Å². The number of aromatic nitrogens is 3. The van der Waals surface area contributed by atoms with Crippen LogP contribution in [0.5, 0.6) is 0 Å². The van der Waals surface area contributed by atoms with E-state index >= 15 is 0 Å². The molecule has 144 valence electrons. The molecule has 4 aromatic rings. The van der Waals surface area contributed by atoms with Gasteiger partial charge in [-0.1, -0.05) is 19.1 Å². The Balaban J connectivity index is 1.38. The maximum Gasteiger partial charge on any atom is 0.181 e. The van der Waals surface area contributed by atoms with Gasteiger partial charge in [0.2, 0.25) is 0 Å². The van der Waals surface area contributed by atoms with E-state index in [4.69, 9.17) is 4.42 Å². The first-order chi connectivity index (χ1) is 14.2. The predicted octanol–water partition coefficient (Wildman–Crippen LogP) is 4.17. The molecule has 6 heteroatoms. The molecule has 6 nitrogen and oxygen atoms in total. The molecule has 0 radical (unpaired) electrons. The average Bonchev–Trinajstić information content (AvgIpc) is 3.26. The lowest BCUT2D eigenvalue weighted by Gasteiger charge is -2.38. The van der Waals surface area contributed by atoms with E-state index in [1.807, 2.05) is 36.5 Å². The Bertz CT molecular complexity index is 1180. The lowest BCUT2D eigenvalue weighted by molar-refractivity contribution is 0.0992. The molecule has 0 aliphatic carbocycles. The molecule has 0 amide bonds. The van der Waals surface area contributed by atoms with Crippen molar-refractivity contribution in [3.63, 3.8) is 0 Å². The molecule has 29 heavy (non-hydrogen) atoms. The third-order valence-corrected chi connectivity index (χ3v) is 5.29. The van der Waals surface area contributed by atoms with Gasteiger partial charge in [0, 0.05) is 47.7 Å². The topological polar surface area (TPSA) is 72.1 Å². The number of anilines is 1. The van der Waals surface area contributed by atoms with Gasteiger partial charge < -0.3 is 9.32 Å². The molecule has 0 bridgehead atoms. The molecule has 0 spiro atoms. The number of fused-ring (bicyclic) bond motifs is 1. The van der Waals surface area contributed by atoms with Gasteiger partial charge in [-0.05, 0) is 35.6 Å². The fourth-order valence-corrected chi connectivity index (χ4v) is 3.71. The fourth-order valence-electron chi connectivity index (χ4n) is 3.71. The van der Waals surface area contributed by atoms with E-state index in [1.165, 1.54) is 6.39 Å². The number of pyridine rings is 2. The third kappa shape index (κ3) is 3.49. The number of Topliss-reactive ketones (excluding diaryl/α,β-unsaturated/α-hetero) is 1. The molecule has 0 unspecified atom stereocenters. The van der Waals surface area contributed by atoms with Crippen LogP contribution in [0.15, 0.2) is 65.8 Å². The number of carbonyl (C=O) groups is 1. The SMILES string of the molecule is CC1CN(c2cc(C(=O)Cc3cc4cc(-c5cnco5)ccc4cn3)ccn2)C1. The number of rotatable bonds is 5. The van der Waals surface area contributed by atoms with Crippen molar-refractivity contribution in [2.45, 2.75) is 13.3 Å². The molecule has 1 aliphatic rings. The average molecular weight is 384 g/mol. The van der Waals surface area contributed by atoms with Crippen molar-refractivity contribution in [2.24, 2.45) is 5.92 Å². The van der Waals surface area contributed by atoms with Crippen LogP contribution >= 0.6 is 0 Å². The van der Waals surface area contributed by atoms with Gasteiger partial charge in [-0.15, -0.1) is 0 Å². The van der Waals surface area contributed by atoms with E-state index in [9.17, 15) is 4.79 Å². The van der Waals surface area contributed by atoms with Crippen LogP contribution in [-0.4, -0.2) is 33.8 Å². The number of carbonyl (C=O) groups excluding carboxylic acids is 1. The van der Waals surface area contributed by atoms with Gasteiger partial charge in [-0.3, -0.25) is 9.78 Å². The van der Waals surface area contributed by atoms with Crippen LogP contribution in [0.3, 0.4) is 0 Å². The van der Waals surface area contributed by atoms with Crippen molar-refractivity contribution < 1.29 is 9.21 Å². The summed E-state index contributed by atoms with van der Waals surface area (Å²) in [6.07, 6.45) is 6.87. The summed E-state index contributed by atoms with van der Waals surface area (Å²) in [5.74, 6) is 2.31. The van der Waals surface area contributed by atoms with Crippen molar-refractivity contribution >= 4 is 22.4 Å². The van der Waals surface area contributed by atoms with Crippen molar-refractivity contribution in [3.8, 4) is 11.3 Å². The van der Waals surface area contributed by atoms with E-state index in [0.717, 1.165) is 40.9 Å². The lowest BCUT2D eigenvalue weighted by Crippen LogP contribution is -2.45. The molecule has 5 rings (SSSR count). The molecule has 0 saturated carbocycles. The maximum absolute atomic E-state index is 12.8. The molecule has 1 fully saturated rings. The highest BCUT2D eigenvalue weighted by atomic mass is 16.3. The van der Waals surface area contributed by atoms with E-state index < -0.39 is 0 Å². The monoisotopic (exact) mass is 384 g/mol. The molecule has 4 heterocycles. The highest BCUT2D eigenvalue weighted by molar-refractivity contribution is 5.98. The number of hydrogen-bond donors (Lipinski definition) is 0. The van der Waals surface area contributed by atoms with Gasteiger partial charge >= 0.3 is 0 Å². The van der Waals surface area contributed by atoms with Gasteiger partial charge in [0.1, 0.15) is 5.82 Å². The Labute approximate surface area is 168 Å². The molecule has 0 atom stereocenters. The fraction of sp³-hybridized carbons (Fsp3) is 0.217. The second kappa shape index (κ2) is 7.13. The highest BCUT2D eigenvalue weighted by Gasteiger charge is 2.24. The quantitative estimate of drug-likeness (QED) is 0.481. The Morgan fingerprint density at radius 2 is 2.00 bits per heavy atom. The van der Waals surface area contributed by atoms with Crippen LogP contribution in [0.1, 0.15) is 23.0 Å². The Hall–Kier alpha value is -3.54. The van der Waals surface area contributed by atoms with E-state index in [2.05, 4.69) is 26.8 Å². The van der Waals surface area contributed by atoms with Crippen LogP contribution in [0, 0.1) is 5.92 Å². The summed E-state index contributed by atoms with van der Waals surface area (Å²) in [6, 6.07) is 11.6. The van der Waals surface area contributed by atoms with Crippen LogP contribution in [0.25, 0.3) is 22.1 Å². The Morgan fingerprint density at radius 1 is 1.10 bits per heavy atom. The Morgan fingerprint density at radius 3 is 2.79 bits per heavy atom. The standard InChI is InChI=1S/C23H20N4O2/c1-15-12-27(13-15)23-8-16(4-5-25-23)21(28)9-20-7-19-6-17(22-11-24-14-29-22)2-3-18(19)10-26-20/h2-8,10-11,14-15H,9,12-13H2,1H3. The predicted molar refractivity (Wildman–Crippen MR) is 111 cm³/mol. The zero-order valence-corrected chi connectivity index (χ0v) is 16.1. The highest BCUT2D eigenvalue weighted by Crippen LogP contribution is 2.25. The number of benzene rings is 1. The van der Waals surface area contributed by atoms with Crippen molar-refractivity contribution in [1.82, 2.24) is 15.0 Å². The zero-order chi connectivity index (χ0) is 19.8. The molecule has 3 aromatic heterocycles. The zero-order valence-electron chi connectivity index (χ0n) is 16.1. The van der Waals surface area contributed by atoms with Gasteiger partial charge in [0.05, 0.1) is 12.6 Å². The van der Waals surface area contributed by atoms with Gasteiger partial charge in [0.25, 0.3) is 0 Å². The molecule has 1 saturated heterocycles. The van der Waals surface area contributed by atoms with Crippen molar-refractivity contribution in [1.29, 1.82) is 0 Å². The summed E-state index contributed by atoms with van der Waals surface area (Å²) < 4.78 is 5.38. The first-order valence-corrected chi connectivity index (χ1v) is 9.67. The summed E-state index contributed by atoms with van der Waals surface area (Å²) in [5.41, 5.74) is 2.36. The minimum Gasteiger partial charge on any atom is -0.444 e. The van der Waals surface area contributed by atoms with Gasteiger partial charge in [0.15, 0.2) is 17.9 Å². The number of oxazole rings is 1. The molecule has 0 N–H and O–H groups in total. The second-order valence-electron chi connectivity index (χ2n) is 7.62. The molecule has 1 aliphatic heterocycles. The number of ketones is 1. The van der Waals surface area contributed by atoms with E-state index in [1.54, 1.807) is 18.5 Å². The van der Waals surface area contributed by atoms with Crippen LogP contribution in [-0.2, 0) is 6.42 Å². The summed E-state index contributed by atoms with van der Waals surface area (Å²) in [7, 11) is 0. The summed E-state index contributed by atoms with van der Waals surface area (Å²) in [5, 5.41) is 2.03. The molecule has 1 aromatic carbocycles. The molecular weight excluding hydrogens is 364 g/mol. The summed E-state index contributed by atoms with van der Waals surface area (Å²) in [6.45, 7) is 4.19. The third-order valence-electron chi connectivity index (χ3n) is 5.29. The van der Waals surface area contributed by atoms with Crippen molar-refractivity contribution in [3.05, 3.63) is 72.6 Å². The van der Waals surface area contributed by atoms with Gasteiger partial charge in [-0.2, -0.15) is 0 Å². The largest absolute Gasteiger partial charge is 0.444 e. The summed E-state index contributed by atoms with van der Waals surface area (Å²) >= 11 is 0. The number of hydrogen-bond acceptors (Lipinski definition) is 6. The maximum atomic E-state index is 12.8.